The van der Waals surface area contributed by atoms with Gasteiger partial charge in [-0.05, 0) is 54.4 Å². The maximum absolute atomic E-state index is 12.5. The van der Waals surface area contributed by atoms with Gasteiger partial charge in [0.2, 0.25) is 0 Å². The molecule has 2 N–H and O–H groups in total. The largest absolute Gasteiger partial charge is 0.481 e. The number of rotatable bonds is 5. The van der Waals surface area contributed by atoms with Gasteiger partial charge in [0.15, 0.2) is 0 Å². The van der Waals surface area contributed by atoms with Gasteiger partial charge < -0.3 is 19.9 Å². The molecular weight excluding hydrogens is 394 g/mol. The first kappa shape index (κ1) is 18.9. The van der Waals surface area contributed by atoms with Gasteiger partial charge in [-0.15, -0.1) is 0 Å². The van der Waals surface area contributed by atoms with Gasteiger partial charge in [-0.2, -0.15) is 0 Å². The van der Waals surface area contributed by atoms with E-state index >= 15 is 0 Å². The summed E-state index contributed by atoms with van der Waals surface area (Å²) in [6, 6.07) is 16.5. The van der Waals surface area contributed by atoms with Crippen LogP contribution >= 0.6 is 0 Å². The SMILES string of the molecule is O=C(NCC12CC(C(=O)O)(C1)C1(CCC1)O2)OCC1c2ccccc2-c2ccccc21. The van der Waals surface area contributed by atoms with Crippen LogP contribution in [0.15, 0.2) is 48.5 Å². The summed E-state index contributed by atoms with van der Waals surface area (Å²) in [5.41, 5.74) is 2.87. The summed E-state index contributed by atoms with van der Waals surface area (Å²) in [4.78, 5) is 24.4. The van der Waals surface area contributed by atoms with Crippen LogP contribution < -0.4 is 5.32 Å². The first-order chi connectivity index (χ1) is 15.0. The molecule has 4 fully saturated rings. The van der Waals surface area contributed by atoms with E-state index in [0.717, 1.165) is 19.3 Å². The Kier molecular flexibility index (Phi) is 3.85. The zero-order chi connectivity index (χ0) is 21.3. The first-order valence-corrected chi connectivity index (χ1v) is 11.0. The lowest BCUT2D eigenvalue weighted by Crippen LogP contribution is -2.58. The van der Waals surface area contributed by atoms with Crippen LogP contribution in [-0.2, 0) is 14.3 Å². The average molecular weight is 419 g/mol. The Morgan fingerprint density at radius 1 is 1.03 bits per heavy atom. The van der Waals surface area contributed by atoms with Crippen LogP contribution in [0.3, 0.4) is 0 Å². The minimum atomic E-state index is -0.770. The molecule has 2 aliphatic heterocycles. The van der Waals surface area contributed by atoms with Gasteiger partial charge in [0.05, 0.1) is 17.7 Å². The number of fused-ring (bicyclic) bond motifs is 3. The summed E-state index contributed by atoms with van der Waals surface area (Å²) in [6.07, 6.45) is 3.06. The Bertz CT molecular complexity index is 1040. The smallest absolute Gasteiger partial charge is 0.407 e. The van der Waals surface area contributed by atoms with Gasteiger partial charge in [-0.25, -0.2) is 4.79 Å². The lowest BCUT2D eigenvalue weighted by Gasteiger charge is -2.48. The van der Waals surface area contributed by atoms with Crippen LogP contribution in [0, 0.1) is 5.41 Å². The normalized spacial score (nSPS) is 28.9. The number of hydrogen-bond acceptors (Lipinski definition) is 4. The number of aliphatic carboxylic acids is 1. The summed E-state index contributed by atoms with van der Waals surface area (Å²) in [7, 11) is 0. The standard InChI is InChI=1S/C25H25NO5/c27-21(28)24-13-23(14-24,31-25(24)10-5-11-25)15-26-22(29)30-12-20-18-8-3-1-6-16(18)17-7-2-4-9-19(17)20/h1-4,6-9,20H,5,10-15H2,(H,26,29)(H,27,28). The molecule has 5 aliphatic rings. The van der Waals surface area contributed by atoms with E-state index in [-0.39, 0.29) is 12.5 Å². The van der Waals surface area contributed by atoms with Crippen molar-refractivity contribution in [3.63, 3.8) is 0 Å². The van der Waals surface area contributed by atoms with Gasteiger partial charge in [0, 0.05) is 5.92 Å². The molecule has 0 unspecified atom stereocenters. The van der Waals surface area contributed by atoms with Crippen LogP contribution in [0.2, 0.25) is 0 Å². The molecule has 2 saturated carbocycles. The molecule has 6 heteroatoms. The van der Waals surface area contributed by atoms with Gasteiger partial charge in [0.1, 0.15) is 12.0 Å². The van der Waals surface area contributed by atoms with Crippen LogP contribution in [0.5, 0.6) is 0 Å². The number of carbonyl (C=O) groups excluding carboxylic acids is 1. The predicted molar refractivity (Wildman–Crippen MR) is 113 cm³/mol. The molecule has 0 atom stereocenters. The van der Waals surface area contributed by atoms with Crippen LogP contribution in [0.4, 0.5) is 4.79 Å². The topological polar surface area (TPSA) is 84.9 Å². The molecule has 2 saturated heterocycles. The van der Waals surface area contributed by atoms with Gasteiger partial charge in [0.25, 0.3) is 0 Å². The second-order valence-electron chi connectivity index (χ2n) is 9.55. The molecule has 6 nitrogen and oxygen atoms in total. The Morgan fingerprint density at radius 2 is 1.65 bits per heavy atom. The molecular formula is C25H25NO5. The molecule has 7 rings (SSSR count). The quantitative estimate of drug-likeness (QED) is 0.763. The highest BCUT2D eigenvalue weighted by Crippen LogP contribution is 2.72. The number of ether oxygens (including phenoxy) is 2. The van der Waals surface area contributed by atoms with Crippen molar-refractivity contribution in [1.29, 1.82) is 0 Å². The Balaban J connectivity index is 1.10. The predicted octanol–water partition coefficient (Wildman–Crippen LogP) is 4.08. The molecule has 0 aromatic heterocycles. The molecule has 2 bridgehead atoms. The number of nitrogens with one attached hydrogen (secondary N) is 1. The van der Waals surface area contributed by atoms with E-state index < -0.39 is 28.7 Å². The molecule has 2 heterocycles. The fourth-order valence-electron chi connectivity index (χ4n) is 6.42. The molecule has 31 heavy (non-hydrogen) atoms. The number of carbonyl (C=O) groups is 2. The Morgan fingerprint density at radius 3 is 2.16 bits per heavy atom. The summed E-state index contributed by atoms with van der Waals surface area (Å²) < 4.78 is 11.9. The highest BCUT2D eigenvalue weighted by molar-refractivity contribution is 5.81. The summed E-state index contributed by atoms with van der Waals surface area (Å²) >= 11 is 0. The fraction of sp³-hybridized carbons (Fsp3) is 0.440. The van der Waals surface area contributed by atoms with Crippen molar-refractivity contribution in [3.05, 3.63) is 59.7 Å². The highest BCUT2D eigenvalue weighted by atomic mass is 16.6. The number of carboxylic acids is 1. The van der Waals surface area contributed by atoms with E-state index in [1.165, 1.54) is 22.3 Å². The molecule has 0 radical (unpaired) electrons. The van der Waals surface area contributed by atoms with Crippen molar-refractivity contribution in [3.8, 4) is 11.1 Å². The number of benzene rings is 2. The zero-order valence-corrected chi connectivity index (χ0v) is 17.2. The minimum Gasteiger partial charge on any atom is -0.481 e. The maximum Gasteiger partial charge on any atom is 0.407 e. The third-order valence-corrected chi connectivity index (χ3v) is 8.00. The summed E-state index contributed by atoms with van der Waals surface area (Å²) in [5, 5.41) is 12.6. The number of alkyl carbamates (subject to hydrolysis) is 1. The Hall–Kier alpha value is -2.86. The van der Waals surface area contributed by atoms with Crippen molar-refractivity contribution in [2.45, 2.75) is 49.2 Å². The van der Waals surface area contributed by atoms with Crippen LogP contribution in [0.25, 0.3) is 11.1 Å². The van der Waals surface area contributed by atoms with Crippen LogP contribution in [0.1, 0.15) is 49.1 Å². The minimum absolute atomic E-state index is 0.0145. The molecule has 3 aliphatic carbocycles. The first-order valence-electron chi connectivity index (χ1n) is 11.0. The number of carboxylic acid groups (broad SMARTS) is 1. The lowest BCUT2D eigenvalue weighted by atomic mass is 9.51. The van der Waals surface area contributed by atoms with Gasteiger partial charge in [-0.3, -0.25) is 4.79 Å². The van der Waals surface area contributed by atoms with Crippen molar-refractivity contribution < 1.29 is 24.2 Å². The summed E-state index contributed by atoms with van der Waals surface area (Å²) in [5.74, 6) is -0.748. The van der Waals surface area contributed by atoms with E-state index in [4.69, 9.17) is 9.47 Å². The van der Waals surface area contributed by atoms with Crippen molar-refractivity contribution >= 4 is 12.1 Å². The van der Waals surface area contributed by atoms with E-state index in [2.05, 4.69) is 29.6 Å². The fourth-order valence-corrected chi connectivity index (χ4v) is 6.42. The molecule has 1 amide bonds. The maximum atomic E-state index is 12.5. The molecule has 160 valence electrons. The van der Waals surface area contributed by atoms with Gasteiger partial charge in [-0.1, -0.05) is 48.5 Å². The third-order valence-electron chi connectivity index (χ3n) is 8.00. The summed E-state index contributed by atoms with van der Waals surface area (Å²) in [6.45, 7) is 0.553. The number of hydrogen-bond donors (Lipinski definition) is 2. The molecule has 2 aromatic carbocycles. The molecule has 1 spiro atoms. The molecule has 2 aromatic rings. The van der Waals surface area contributed by atoms with E-state index in [1.54, 1.807) is 0 Å². The lowest BCUT2D eigenvalue weighted by molar-refractivity contribution is -0.163. The van der Waals surface area contributed by atoms with E-state index in [9.17, 15) is 14.7 Å². The second-order valence-corrected chi connectivity index (χ2v) is 9.55. The van der Waals surface area contributed by atoms with Crippen molar-refractivity contribution in [1.82, 2.24) is 5.32 Å². The monoisotopic (exact) mass is 419 g/mol. The number of amides is 1. The third kappa shape index (κ3) is 2.48. The van der Waals surface area contributed by atoms with Gasteiger partial charge >= 0.3 is 12.1 Å². The second kappa shape index (κ2) is 6.33. The van der Waals surface area contributed by atoms with Crippen molar-refractivity contribution in [2.24, 2.45) is 5.41 Å². The van der Waals surface area contributed by atoms with E-state index in [1.807, 2.05) is 24.3 Å². The Labute approximate surface area is 180 Å². The van der Waals surface area contributed by atoms with Crippen LogP contribution in [-0.4, -0.2) is 41.5 Å². The highest BCUT2D eigenvalue weighted by Gasteiger charge is 2.79. The zero-order valence-electron chi connectivity index (χ0n) is 17.2. The van der Waals surface area contributed by atoms with E-state index in [0.29, 0.717) is 19.4 Å². The average Bonchev–Trinajstić information content (AvgIpc) is 3.33. The van der Waals surface area contributed by atoms with Crippen molar-refractivity contribution in [2.75, 3.05) is 13.2 Å².